The monoisotopic (exact) mass is 1120 g/mol. The van der Waals surface area contributed by atoms with E-state index in [-0.39, 0.29) is 6.71 Å². The second-order valence-electron chi connectivity index (χ2n) is 23.8. The van der Waals surface area contributed by atoms with E-state index in [0.29, 0.717) is 0 Å². The number of allylic oxidation sites excluding steroid dienone is 4. The molecular formula is C86H81B. The molecule has 0 atom stereocenters. The van der Waals surface area contributed by atoms with Crippen molar-refractivity contribution in [2.45, 2.75) is 96.4 Å². The number of hydrogen-bond donors (Lipinski definition) is 0. The minimum Gasteiger partial charge on any atom is -0.124 e. The molecule has 11 aromatic rings. The van der Waals surface area contributed by atoms with Crippen molar-refractivity contribution >= 4 is 23.1 Å². The van der Waals surface area contributed by atoms with Crippen LogP contribution in [0.3, 0.4) is 0 Å². The summed E-state index contributed by atoms with van der Waals surface area (Å²) in [4.78, 5) is 0. The van der Waals surface area contributed by atoms with Gasteiger partial charge >= 0.3 is 0 Å². The van der Waals surface area contributed by atoms with Crippen molar-refractivity contribution < 1.29 is 0 Å². The van der Waals surface area contributed by atoms with Gasteiger partial charge in [-0.25, -0.2) is 0 Å². The van der Waals surface area contributed by atoms with E-state index in [9.17, 15) is 0 Å². The standard InChI is InChI=1S/C84H79B.C2H2/c1-14-15-16-22-33-65-44-71(66-34-23-17-24-35-66)48-76(45-65)79-53(2)59(8)82(60(9)54(79)3)85(83-61(10)55(4)80(56(5)62(83)11)77-49-72(67-36-25-18-26-37-67)46-73(50-77)68-38-27-19-28-39-68)84-63(12)57(6)81(58(7)64(84)13)78-51-74(69-40-29-20-30-41-69)47-75(52-78)70-42-31-21-32-43-70;1-2/h14-32,34-52H,33H2,1-13H3;1-2H/b15-14-,22-16-;. The van der Waals surface area contributed by atoms with Gasteiger partial charge in [0.05, 0.1) is 0 Å². The first-order valence-electron chi connectivity index (χ1n) is 30.8. The Kier molecular flexibility index (Phi) is 18.4. The number of rotatable bonds is 14. The molecule has 0 aliphatic carbocycles. The third-order valence-electron chi connectivity index (χ3n) is 19.0. The molecule has 0 bridgehead atoms. The normalized spacial score (nSPS) is 11.3. The third-order valence-corrected chi connectivity index (χ3v) is 19.0. The summed E-state index contributed by atoms with van der Waals surface area (Å²) in [6.07, 6.45) is 17.5. The largest absolute Gasteiger partial charge is 0.243 e. The Morgan fingerprint density at radius 1 is 0.264 bits per heavy atom. The van der Waals surface area contributed by atoms with Gasteiger partial charge in [0.2, 0.25) is 6.71 Å². The molecule has 0 N–H and O–H groups in total. The smallest absolute Gasteiger partial charge is 0.124 e. The van der Waals surface area contributed by atoms with Crippen LogP contribution in [0.1, 0.15) is 79.2 Å². The Labute approximate surface area is 521 Å². The summed E-state index contributed by atoms with van der Waals surface area (Å²) in [5.74, 6) is 0. The molecule has 0 saturated carbocycles. The zero-order chi connectivity index (χ0) is 61.6. The van der Waals surface area contributed by atoms with Crippen molar-refractivity contribution in [3.63, 3.8) is 0 Å². The molecule has 0 aliphatic rings. The minimum atomic E-state index is -0.0709. The molecule has 11 rings (SSSR count). The molecule has 428 valence electrons. The minimum absolute atomic E-state index is 0.0709. The average molecular weight is 1130 g/mol. The second kappa shape index (κ2) is 26.4. The lowest BCUT2D eigenvalue weighted by Crippen LogP contribution is -2.58. The van der Waals surface area contributed by atoms with Crippen molar-refractivity contribution in [2.24, 2.45) is 0 Å². The zero-order valence-electron chi connectivity index (χ0n) is 53.4. The summed E-state index contributed by atoms with van der Waals surface area (Å²) >= 11 is 0. The Balaban J connectivity index is 0.00000415. The van der Waals surface area contributed by atoms with E-state index in [1.165, 1.54) is 178 Å². The van der Waals surface area contributed by atoms with E-state index in [1.807, 2.05) is 0 Å². The van der Waals surface area contributed by atoms with Crippen molar-refractivity contribution in [3.8, 4) is 102 Å². The molecule has 0 aromatic heterocycles. The van der Waals surface area contributed by atoms with Gasteiger partial charge in [0.25, 0.3) is 0 Å². The predicted molar refractivity (Wildman–Crippen MR) is 382 cm³/mol. The third kappa shape index (κ3) is 12.0. The van der Waals surface area contributed by atoms with Gasteiger partial charge < -0.3 is 0 Å². The van der Waals surface area contributed by atoms with E-state index in [4.69, 9.17) is 0 Å². The molecule has 87 heavy (non-hydrogen) atoms. The maximum Gasteiger partial charge on any atom is 0.243 e. The molecule has 0 saturated heterocycles. The highest BCUT2D eigenvalue weighted by Gasteiger charge is 2.36. The fourth-order valence-electron chi connectivity index (χ4n) is 13.9. The highest BCUT2D eigenvalue weighted by atomic mass is 14.3. The van der Waals surface area contributed by atoms with Crippen molar-refractivity contribution in [1.29, 1.82) is 0 Å². The van der Waals surface area contributed by atoms with Gasteiger partial charge in [-0.1, -0.05) is 238 Å². The van der Waals surface area contributed by atoms with Gasteiger partial charge in [0.15, 0.2) is 0 Å². The topological polar surface area (TPSA) is 0 Å². The lowest BCUT2D eigenvalue weighted by Gasteiger charge is -2.33. The van der Waals surface area contributed by atoms with Crippen LogP contribution in [0, 0.1) is 95.9 Å². The fourth-order valence-corrected chi connectivity index (χ4v) is 13.9. The number of terminal acetylenes is 1. The van der Waals surface area contributed by atoms with Crippen LogP contribution in [0.5, 0.6) is 0 Å². The summed E-state index contributed by atoms with van der Waals surface area (Å²) in [7, 11) is 0. The van der Waals surface area contributed by atoms with Crippen LogP contribution in [0.15, 0.2) is 231 Å². The van der Waals surface area contributed by atoms with Crippen LogP contribution >= 0.6 is 0 Å². The summed E-state index contributed by atoms with van der Waals surface area (Å²) in [5.41, 5.74) is 41.6. The molecule has 0 aliphatic heterocycles. The summed E-state index contributed by atoms with van der Waals surface area (Å²) in [6, 6.07) is 76.2. The molecular weight excluding hydrogens is 1040 g/mol. The first kappa shape index (κ1) is 60.6. The van der Waals surface area contributed by atoms with E-state index < -0.39 is 0 Å². The van der Waals surface area contributed by atoms with Crippen LogP contribution in [-0.2, 0) is 6.42 Å². The Bertz CT molecular complexity index is 4000. The maximum absolute atomic E-state index is 4.00. The first-order valence-corrected chi connectivity index (χ1v) is 30.8. The van der Waals surface area contributed by atoms with E-state index in [0.717, 1.165) is 6.42 Å². The quantitative estimate of drug-likeness (QED) is 0.0578. The van der Waals surface area contributed by atoms with Gasteiger partial charge in [-0.05, 0) is 267 Å². The molecule has 0 heterocycles. The van der Waals surface area contributed by atoms with E-state index in [1.54, 1.807) is 0 Å². The summed E-state index contributed by atoms with van der Waals surface area (Å²) < 4.78 is 0. The van der Waals surface area contributed by atoms with Gasteiger partial charge in [0, 0.05) is 0 Å². The molecule has 0 radical (unpaired) electrons. The Morgan fingerprint density at radius 2 is 0.483 bits per heavy atom. The molecule has 0 fully saturated rings. The van der Waals surface area contributed by atoms with Crippen LogP contribution in [0.2, 0.25) is 0 Å². The molecule has 0 amide bonds. The van der Waals surface area contributed by atoms with Crippen molar-refractivity contribution in [2.75, 3.05) is 0 Å². The van der Waals surface area contributed by atoms with Crippen molar-refractivity contribution in [3.05, 3.63) is 303 Å². The number of benzene rings is 11. The van der Waals surface area contributed by atoms with Crippen LogP contribution in [-0.4, -0.2) is 6.71 Å². The second-order valence-corrected chi connectivity index (χ2v) is 23.8. The maximum atomic E-state index is 4.00. The van der Waals surface area contributed by atoms with Gasteiger partial charge in [0.1, 0.15) is 0 Å². The Morgan fingerprint density at radius 3 is 0.736 bits per heavy atom. The SMILES string of the molecule is C#C.C/C=C\C=C/Cc1cc(-c2ccccc2)cc(-c2c(C)c(C)c(B(c3c(C)c(C)c(-c4cc(-c5ccccc5)cc(-c5ccccc5)c4)c(C)c3C)c3c(C)c(C)c(-c4cc(-c5ccccc5)cc(-c5ccccc5)c4)c(C)c3C)c(C)c2C)c1. The predicted octanol–water partition coefficient (Wildman–Crippen LogP) is 21.2. The fraction of sp³-hybridized carbons (Fsp3) is 0.163. The van der Waals surface area contributed by atoms with Crippen molar-refractivity contribution in [1.82, 2.24) is 0 Å². The molecule has 1 heteroatoms. The van der Waals surface area contributed by atoms with Gasteiger partial charge in [-0.2, -0.15) is 0 Å². The van der Waals surface area contributed by atoms with Crippen LogP contribution in [0.4, 0.5) is 0 Å². The highest BCUT2D eigenvalue weighted by Crippen LogP contribution is 2.42. The van der Waals surface area contributed by atoms with Gasteiger partial charge in [-0.3, -0.25) is 0 Å². The average Bonchev–Trinajstić information content (AvgIpc) is 1.19. The lowest BCUT2D eigenvalue weighted by molar-refractivity contribution is 1.24. The first-order chi connectivity index (χ1) is 42.1. The molecule has 0 spiro atoms. The van der Waals surface area contributed by atoms with Crippen LogP contribution < -0.4 is 16.4 Å². The highest BCUT2D eigenvalue weighted by molar-refractivity contribution is 6.97. The van der Waals surface area contributed by atoms with E-state index >= 15 is 0 Å². The summed E-state index contributed by atoms with van der Waals surface area (Å²) in [5, 5.41) is 0. The zero-order valence-corrected chi connectivity index (χ0v) is 53.4. The molecule has 11 aromatic carbocycles. The molecule has 0 unspecified atom stereocenters. The van der Waals surface area contributed by atoms with Crippen LogP contribution in [0.25, 0.3) is 89.0 Å². The van der Waals surface area contributed by atoms with Gasteiger partial charge in [-0.15, -0.1) is 12.8 Å². The van der Waals surface area contributed by atoms with E-state index in [2.05, 4.69) is 333 Å². The Hall–Kier alpha value is -9.48. The molecule has 0 nitrogen and oxygen atoms in total. The summed E-state index contributed by atoms with van der Waals surface area (Å²) in [6.45, 7) is 30.9. The lowest BCUT2D eigenvalue weighted by atomic mass is 9.32. The number of hydrogen-bond acceptors (Lipinski definition) is 0.